The van der Waals surface area contributed by atoms with Crippen molar-refractivity contribution in [2.24, 2.45) is 0 Å². The van der Waals surface area contributed by atoms with Crippen molar-refractivity contribution in [2.45, 2.75) is 13.0 Å². The van der Waals surface area contributed by atoms with E-state index in [-0.39, 0.29) is 17.7 Å². The molecule has 0 aliphatic heterocycles. The first-order valence-corrected chi connectivity index (χ1v) is 7.14. The molecule has 120 valence electrons. The Morgan fingerprint density at radius 2 is 1.87 bits per heavy atom. The molecule has 0 saturated carbocycles. The largest absolute Gasteiger partial charge is 0.375 e. The van der Waals surface area contributed by atoms with E-state index in [1.807, 2.05) is 31.2 Å². The summed E-state index contributed by atoms with van der Waals surface area (Å²) < 4.78 is 5.45. The average Bonchev–Trinajstić information content (AvgIpc) is 2.56. The fraction of sp³-hybridized carbons (Fsp3) is 0.235. The number of hydrogen-bond acceptors (Lipinski definition) is 4. The van der Waals surface area contributed by atoms with E-state index in [1.54, 1.807) is 7.11 Å². The van der Waals surface area contributed by atoms with Crippen molar-refractivity contribution in [3.8, 4) is 0 Å². The lowest BCUT2D eigenvalue weighted by Gasteiger charge is -2.18. The molecule has 6 nitrogen and oxygen atoms in total. The minimum absolute atomic E-state index is 0.0452. The van der Waals surface area contributed by atoms with Crippen molar-refractivity contribution in [3.05, 3.63) is 75.3 Å². The minimum Gasteiger partial charge on any atom is -0.375 e. The van der Waals surface area contributed by atoms with E-state index < -0.39 is 4.92 Å². The molecule has 23 heavy (non-hydrogen) atoms. The van der Waals surface area contributed by atoms with Gasteiger partial charge in [-0.15, -0.1) is 0 Å². The zero-order chi connectivity index (χ0) is 16.8. The highest BCUT2D eigenvalue weighted by molar-refractivity contribution is 5.94. The minimum atomic E-state index is -0.499. The zero-order valence-corrected chi connectivity index (χ0v) is 13.0. The molecule has 0 aromatic heterocycles. The van der Waals surface area contributed by atoms with Gasteiger partial charge in [-0.3, -0.25) is 14.9 Å². The molecule has 1 amide bonds. The molecule has 0 fully saturated rings. The first kappa shape index (κ1) is 16.6. The Labute approximate surface area is 134 Å². The number of carbonyl (C=O) groups is 1. The van der Waals surface area contributed by atoms with Crippen molar-refractivity contribution >= 4 is 11.6 Å². The molecule has 0 radical (unpaired) electrons. The number of nitrogens with zero attached hydrogens (tertiary/aromatic N) is 1. The van der Waals surface area contributed by atoms with Gasteiger partial charge in [0.25, 0.3) is 11.6 Å². The van der Waals surface area contributed by atoms with Crippen molar-refractivity contribution in [3.63, 3.8) is 0 Å². The molecule has 2 aromatic carbocycles. The summed E-state index contributed by atoms with van der Waals surface area (Å²) in [5.41, 5.74) is 2.43. The van der Waals surface area contributed by atoms with E-state index in [0.717, 1.165) is 11.1 Å². The number of methoxy groups -OCH3 is 1. The van der Waals surface area contributed by atoms with Crippen LogP contribution in [0.5, 0.6) is 0 Å². The number of aryl methyl sites for hydroxylation is 1. The number of benzene rings is 2. The van der Waals surface area contributed by atoms with Gasteiger partial charge in [-0.05, 0) is 30.2 Å². The number of nitrogens with one attached hydrogen (secondary N) is 1. The Hall–Kier alpha value is -2.73. The molecule has 1 atom stereocenters. The van der Waals surface area contributed by atoms with Crippen LogP contribution in [-0.2, 0) is 4.74 Å². The number of amides is 1. The van der Waals surface area contributed by atoms with Crippen molar-refractivity contribution in [1.29, 1.82) is 0 Å². The predicted octanol–water partition coefficient (Wildman–Crippen LogP) is 3.02. The van der Waals surface area contributed by atoms with Crippen LogP contribution in [0.25, 0.3) is 0 Å². The van der Waals surface area contributed by atoms with Gasteiger partial charge in [0.05, 0.1) is 11.0 Å². The predicted molar refractivity (Wildman–Crippen MR) is 86.4 cm³/mol. The van der Waals surface area contributed by atoms with Crippen LogP contribution in [0.2, 0.25) is 0 Å². The second-order valence-corrected chi connectivity index (χ2v) is 5.09. The lowest BCUT2D eigenvalue weighted by molar-refractivity contribution is -0.384. The maximum absolute atomic E-state index is 12.1. The number of carbonyl (C=O) groups excluding carboxylic acids is 1. The summed E-state index contributed by atoms with van der Waals surface area (Å²) >= 11 is 0. The number of hydrogen-bond donors (Lipinski definition) is 1. The summed E-state index contributed by atoms with van der Waals surface area (Å²) in [4.78, 5) is 22.2. The number of nitro groups is 1. The van der Waals surface area contributed by atoms with E-state index in [0.29, 0.717) is 12.1 Å². The van der Waals surface area contributed by atoms with Gasteiger partial charge >= 0.3 is 0 Å². The highest BCUT2D eigenvalue weighted by Gasteiger charge is 2.15. The molecule has 2 rings (SSSR count). The quantitative estimate of drug-likeness (QED) is 0.656. The maximum atomic E-state index is 12.1. The van der Waals surface area contributed by atoms with Crippen LogP contribution < -0.4 is 5.32 Å². The van der Waals surface area contributed by atoms with Crippen LogP contribution in [0.1, 0.15) is 27.6 Å². The van der Waals surface area contributed by atoms with Crippen LogP contribution >= 0.6 is 0 Å². The van der Waals surface area contributed by atoms with E-state index in [9.17, 15) is 14.9 Å². The number of non-ortho nitro benzene ring substituents is 1. The van der Waals surface area contributed by atoms with E-state index >= 15 is 0 Å². The van der Waals surface area contributed by atoms with Crippen LogP contribution in [0.4, 0.5) is 5.69 Å². The second-order valence-electron chi connectivity index (χ2n) is 5.09. The van der Waals surface area contributed by atoms with Gasteiger partial charge in [-0.2, -0.15) is 0 Å². The summed E-state index contributed by atoms with van der Waals surface area (Å²) in [6.45, 7) is 2.30. The maximum Gasteiger partial charge on any atom is 0.269 e. The van der Waals surface area contributed by atoms with Gasteiger partial charge in [-0.1, -0.05) is 24.3 Å². The molecule has 2 aromatic rings. The molecule has 6 heteroatoms. The highest BCUT2D eigenvalue weighted by atomic mass is 16.6. The van der Waals surface area contributed by atoms with Crippen LogP contribution in [0, 0.1) is 17.0 Å². The Kier molecular flexibility index (Phi) is 5.43. The van der Waals surface area contributed by atoms with Crippen LogP contribution in [-0.4, -0.2) is 24.5 Å². The monoisotopic (exact) mass is 314 g/mol. The number of ether oxygens (including phenoxy) is 1. The van der Waals surface area contributed by atoms with Crippen molar-refractivity contribution in [2.75, 3.05) is 13.7 Å². The van der Waals surface area contributed by atoms with Gasteiger partial charge in [0.2, 0.25) is 0 Å². The first-order chi connectivity index (χ1) is 11.0. The molecule has 1 unspecified atom stereocenters. The molecule has 0 bridgehead atoms. The Balaban J connectivity index is 2.02. The van der Waals surface area contributed by atoms with Crippen molar-refractivity contribution < 1.29 is 14.5 Å². The summed E-state index contributed by atoms with van der Waals surface area (Å²) in [6, 6.07) is 13.3. The molecule has 0 aliphatic carbocycles. The van der Waals surface area contributed by atoms with Gasteiger partial charge in [0.15, 0.2) is 0 Å². The smallest absolute Gasteiger partial charge is 0.269 e. The third-order valence-corrected chi connectivity index (χ3v) is 3.61. The topological polar surface area (TPSA) is 81.5 Å². The number of nitro benzene ring substituents is 1. The van der Waals surface area contributed by atoms with E-state index in [2.05, 4.69) is 5.32 Å². The molecule has 0 saturated heterocycles. The SMILES string of the molecule is COC(CNC(=O)c1ccc([N+](=O)[O-])cc1)c1ccccc1C. The molecule has 1 N–H and O–H groups in total. The Morgan fingerprint density at radius 3 is 2.43 bits per heavy atom. The van der Waals surface area contributed by atoms with Gasteiger partial charge in [0, 0.05) is 31.4 Å². The van der Waals surface area contributed by atoms with Gasteiger partial charge in [-0.25, -0.2) is 0 Å². The summed E-state index contributed by atoms with van der Waals surface area (Å²) in [7, 11) is 1.59. The molecule has 0 spiro atoms. The van der Waals surface area contributed by atoms with Crippen LogP contribution in [0.15, 0.2) is 48.5 Å². The molecule has 0 aliphatic rings. The zero-order valence-electron chi connectivity index (χ0n) is 13.0. The fourth-order valence-corrected chi connectivity index (χ4v) is 2.29. The normalized spacial score (nSPS) is 11.7. The Bertz CT molecular complexity index is 698. The summed E-state index contributed by atoms with van der Waals surface area (Å²) in [5, 5.41) is 13.4. The van der Waals surface area contributed by atoms with Gasteiger partial charge < -0.3 is 10.1 Å². The standard InChI is InChI=1S/C17H18N2O4/c1-12-5-3-4-6-15(12)16(23-2)11-18-17(20)13-7-9-14(10-8-13)19(21)22/h3-10,16H,11H2,1-2H3,(H,18,20). The Morgan fingerprint density at radius 1 is 1.22 bits per heavy atom. The lowest BCUT2D eigenvalue weighted by Crippen LogP contribution is -2.29. The lowest BCUT2D eigenvalue weighted by atomic mass is 10.0. The highest BCUT2D eigenvalue weighted by Crippen LogP contribution is 2.20. The third-order valence-electron chi connectivity index (χ3n) is 3.61. The van der Waals surface area contributed by atoms with Crippen LogP contribution in [0.3, 0.4) is 0 Å². The van der Waals surface area contributed by atoms with E-state index in [1.165, 1.54) is 24.3 Å². The summed E-state index contributed by atoms with van der Waals surface area (Å²) in [5.74, 6) is -0.296. The third kappa shape index (κ3) is 4.14. The second kappa shape index (κ2) is 7.51. The van der Waals surface area contributed by atoms with Crippen molar-refractivity contribution in [1.82, 2.24) is 5.32 Å². The first-order valence-electron chi connectivity index (χ1n) is 7.14. The summed E-state index contributed by atoms with van der Waals surface area (Å²) in [6.07, 6.45) is -0.252. The molecule has 0 heterocycles. The van der Waals surface area contributed by atoms with Gasteiger partial charge in [0.1, 0.15) is 0 Å². The molecular weight excluding hydrogens is 296 g/mol. The number of rotatable bonds is 6. The molecular formula is C17H18N2O4. The average molecular weight is 314 g/mol. The van der Waals surface area contributed by atoms with E-state index in [4.69, 9.17) is 4.74 Å². The fourth-order valence-electron chi connectivity index (χ4n) is 2.29.